The molecule has 106 valence electrons. The van der Waals surface area contributed by atoms with Gasteiger partial charge in [0.2, 0.25) is 0 Å². The number of benzene rings is 1. The fraction of sp³-hybridized carbons (Fsp3) is 0.647. The molecule has 1 heterocycles. The molecule has 1 fully saturated rings. The predicted octanol–water partition coefficient (Wildman–Crippen LogP) is 3.81. The summed E-state index contributed by atoms with van der Waals surface area (Å²) >= 11 is 0. The van der Waals surface area contributed by atoms with Gasteiger partial charge < -0.3 is 10.2 Å². The summed E-state index contributed by atoms with van der Waals surface area (Å²) in [5.74, 6) is 0. The molecule has 2 heteroatoms. The lowest BCUT2D eigenvalue weighted by Gasteiger charge is -2.52. The zero-order valence-corrected chi connectivity index (χ0v) is 12.7. The van der Waals surface area contributed by atoms with Crippen molar-refractivity contribution < 1.29 is 0 Å². The van der Waals surface area contributed by atoms with Gasteiger partial charge >= 0.3 is 0 Å². The molecule has 1 saturated heterocycles. The van der Waals surface area contributed by atoms with Crippen molar-refractivity contribution in [3.63, 3.8) is 0 Å². The Hall–Kier alpha value is -1.02. The highest BCUT2D eigenvalue weighted by atomic mass is 15.2. The summed E-state index contributed by atoms with van der Waals surface area (Å²) in [6.45, 7) is 8.08. The maximum absolute atomic E-state index is 3.19. The molecule has 0 radical (unpaired) electrons. The fourth-order valence-corrected chi connectivity index (χ4v) is 3.48. The third kappa shape index (κ3) is 3.30. The monoisotopic (exact) mass is 260 g/mol. The number of nitrogens with zero attached hydrogens (tertiary/aromatic N) is 1. The van der Waals surface area contributed by atoms with Crippen LogP contribution < -0.4 is 10.2 Å². The van der Waals surface area contributed by atoms with Crippen LogP contribution in [0.3, 0.4) is 0 Å². The van der Waals surface area contributed by atoms with Gasteiger partial charge in [0.15, 0.2) is 0 Å². The minimum absolute atomic E-state index is 0.604. The molecule has 1 N–H and O–H groups in total. The summed E-state index contributed by atoms with van der Waals surface area (Å²) in [6.07, 6.45) is 5.40. The Morgan fingerprint density at radius 2 is 1.63 bits per heavy atom. The molecule has 1 aliphatic heterocycles. The first-order chi connectivity index (χ1) is 9.23. The van der Waals surface area contributed by atoms with Crippen molar-refractivity contribution in [2.45, 2.75) is 46.1 Å². The zero-order chi connectivity index (χ0) is 13.7. The lowest BCUT2D eigenvalue weighted by atomic mass is 9.72. The van der Waals surface area contributed by atoms with Crippen LogP contribution in [0.25, 0.3) is 0 Å². The molecule has 0 spiro atoms. The maximum Gasteiger partial charge on any atom is 0.0366 e. The van der Waals surface area contributed by atoms with Gasteiger partial charge in [-0.05, 0) is 37.6 Å². The summed E-state index contributed by atoms with van der Waals surface area (Å²) < 4.78 is 0. The second kappa shape index (κ2) is 6.42. The Balaban J connectivity index is 1.94. The van der Waals surface area contributed by atoms with Crippen LogP contribution in [0, 0.1) is 5.41 Å². The molecular formula is C17H28N2. The normalized spacial score (nSPS) is 17.3. The van der Waals surface area contributed by atoms with Crippen molar-refractivity contribution >= 4 is 5.69 Å². The van der Waals surface area contributed by atoms with Crippen LogP contribution in [0.2, 0.25) is 0 Å². The highest BCUT2D eigenvalue weighted by Crippen LogP contribution is 2.41. The molecular weight excluding hydrogens is 232 g/mol. The largest absolute Gasteiger partial charge is 0.370 e. The summed E-state index contributed by atoms with van der Waals surface area (Å²) in [7, 11) is 1.99. The first-order valence-electron chi connectivity index (χ1n) is 7.71. The number of nitrogens with one attached hydrogen (secondary N) is 1. The van der Waals surface area contributed by atoms with Crippen molar-refractivity contribution in [3.8, 4) is 0 Å². The van der Waals surface area contributed by atoms with Gasteiger partial charge in [-0.25, -0.2) is 0 Å². The average molecular weight is 260 g/mol. The minimum Gasteiger partial charge on any atom is -0.370 e. The van der Waals surface area contributed by atoms with Gasteiger partial charge in [-0.15, -0.1) is 0 Å². The quantitative estimate of drug-likeness (QED) is 0.802. The number of rotatable bonds is 7. The van der Waals surface area contributed by atoms with Gasteiger partial charge in [0.1, 0.15) is 0 Å². The van der Waals surface area contributed by atoms with Gasteiger partial charge in [-0.3, -0.25) is 0 Å². The molecule has 0 unspecified atom stereocenters. The lowest BCUT2D eigenvalue weighted by molar-refractivity contribution is 0.173. The van der Waals surface area contributed by atoms with E-state index in [2.05, 4.69) is 48.3 Å². The van der Waals surface area contributed by atoms with E-state index >= 15 is 0 Å². The molecule has 1 aromatic carbocycles. The maximum atomic E-state index is 3.19. The number of anilines is 1. The molecule has 0 saturated carbocycles. The van der Waals surface area contributed by atoms with Crippen LogP contribution >= 0.6 is 0 Å². The van der Waals surface area contributed by atoms with Crippen LogP contribution in [-0.4, -0.2) is 20.1 Å². The molecule has 2 rings (SSSR count). The van der Waals surface area contributed by atoms with E-state index < -0.39 is 0 Å². The smallest absolute Gasteiger partial charge is 0.0366 e. The van der Waals surface area contributed by atoms with Crippen molar-refractivity contribution in [2.24, 2.45) is 5.41 Å². The predicted molar refractivity (Wildman–Crippen MR) is 83.7 cm³/mol. The Bertz CT molecular complexity index is 369. The summed E-state index contributed by atoms with van der Waals surface area (Å²) in [5.41, 5.74) is 3.36. The highest BCUT2D eigenvalue weighted by Gasteiger charge is 2.41. The molecule has 0 aromatic heterocycles. The topological polar surface area (TPSA) is 15.3 Å². The van der Waals surface area contributed by atoms with Crippen molar-refractivity contribution in [1.29, 1.82) is 0 Å². The summed E-state index contributed by atoms with van der Waals surface area (Å²) in [5, 5.41) is 3.19. The Labute approximate surface area is 118 Å². The Morgan fingerprint density at radius 3 is 2.11 bits per heavy atom. The van der Waals surface area contributed by atoms with E-state index in [1.807, 2.05) is 7.05 Å². The third-order valence-electron chi connectivity index (χ3n) is 4.30. The first kappa shape index (κ1) is 14.4. The number of hydrogen-bond donors (Lipinski definition) is 1. The van der Waals surface area contributed by atoms with Gasteiger partial charge in [-0.2, -0.15) is 0 Å². The molecule has 0 amide bonds. The summed E-state index contributed by atoms with van der Waals surface area (Å²) in [6, 6.07) is 9.03. The molecule has 0 atom stereocenters. The van der Waals surface area contributed by atoms with E-state index in [0.29, 0.717) is 5.41 Å². The number of hydrogen-bond acceptors (Lipinski definition) is 2. The molecule has 2 nitrogen and oxygen atoms in total. The van der Waals surface area contributed by atoms with Crippen LogP contribution in [-0.2, 0) is 6.54 Å². The van der Waals surface area contributed by atoms with Gasteiger partial charge in [-0.1, -0.05) is 38.8 Å². The zero-order valence-electron chi connectivity index (χ0n) is 12.7. The first-order valence-corrected chi connectivity index (χ1v) is 7.71. The fourth-order valence-electron chi connectivity index (χ4n) is 3.48. The lowest BCUT2D eigenvalue weighted by Crippen LogP contribution is -2.56. The van der Waals surface area contributed by atoms with E-state index in [4.69, 9.17) is 0 Å². The average Bonchev–Trinajstić information content (AvgIpc) is 2.37. The SMILES string of the molecule is CCCC1(CCC)CN(c2ccc(CNC)cc2)C1. The molecule has 0 aliphatic carbocycles. The highest BCUT2D eigenvalue weighted by molar-refractivity contribution is 5.50. The van der Waals surface area contributed by atoms with E-state index in [1.165, 1.54) is 50.0 Å². The Morgan fingerprint density at radius 1 is 1.05 bits per heavy atom. The van der Waals surface area contributed by atoms with Gasteiger partial charge in [0.25, 0.3) is 0 Å². The van der Waals surface area contributed by atoms with Crippen LogP contribution in [0.5, 0.6) is 0 Å². The summed E-state index contributed by atoms with van der Waals surface area (Å²) in [4.78, 5) is 2.54. The van der Waals surface area contributed by atoms with Crippen LogP contribution in [0.15, 0.2) is 24.3 Å². The van der Waals surface area contributed by atoms with E-state index in [9.17, 15) is 0 Å². The van der Waals surface area contributed by atoms with E-state index in [-0.39, 0.29) is 0 Å². The van der Waals surface area contributed by atoms with Gasteiger partial charge in [0.05, 0.1) is 0 Å². The van der Waals surface area contributed by atoms with Crippen LogP contribution in [0.1, 0.15) is 45.1 Å². The standard InChI is InChI=1S/C17H28N2/c1-4-10-17(11-5-2)13-19(14-17)16-8-6-15(7-9-16)12-18-3/h6-9,18H,4-5,10-14H2,1-3H3. The Kier molecular flexibility index (Phi) is 4.87. The van der Waals surface area contributed by atoms with Crippen LogP contribution in [0.4, 0.5) is 5.69 Å². The molecule has 19 heavy (non-hydrogen) atoms. The second-order valence-electron chi connectivity index (χ2n) is 6.05. The van der Waals surface area contributed by atoms with E-state index in [1.54, 1.807) is 0 Å². The van der Waals surface area contributed by atoms with Crippen molar-refractivity contribution in [1.82, 2.24) is 5.32 Å². The minimum atomic E-state index is 0.604. The molecule has 0 bridgehead atoms. The van der Waals surface area contributed by atoms with Gasteiger partial charge in [0, 0.05) is 30.7 Å². The second-order valence-corrected chi connectivity index (χ2v) is 6.05. The van der Waals surface area contributed by atoms with Crippen molar-refractivity contribution in [3.05, 3.63) is 29.8 Å². The molecule has 1 aromatic rings. The molecule has 1 aliphatic rings. The van der Waals surface area contributed by atoms with Crippen molar-refractivity contribution in [2.75, 3.05) is 25.0 Å². The van der Waals surface area contributed by atoms with E-state index in [0.717, 1.165) is 6.54 Å². The third-order valence-corrected chi connectivity index (χ3v) is 4.30.